The summed E-state index contributed by atoms with van der Waals surface area (Å²) in [6.07, 6.45) is 6.32. The van der Waals surface area contributed by atoms with Gasteiger partial charge in [-0.05, 0) is 38.0 Å². The Morgan fingerprint density at radius 2 is 2.05 bits per heavy atom. The van der Waals surface area contributed by atoms with Crippen LogP contribution in [0.1, 0.15) is 49.4 Å². The van der Waals surface area contributed by atoms with Crippen molar-refractivity contribution in [3.05, 3.63) is 23.8 Å². The molecule has 1 saturated carbocycles. The van der Waals surface area contributed by atoms with Gasteiger partial charge >= 0.3 is 0 Å². The number of benzene rings is 1. The molecule has 0 heterocycles. The van der Waals surface area contributed by atoms with Gasteiger partial charge in [0.25, 0.3) is 5.91 Å². The number of hydrogen-bond acceptors (Lipinski definition) is 3. The molecule has 110 valence electrons. The number of nitrogens with zero attached hydrogens (tertiary/aromatic N) is 1. The normalized spacial score (nSPS) is 15.9. The molecule has 4 heteroatoms. The van der Waals surface area contributed by atoms with Gasteiger partial charge in [0.05, 0.1) is 11.4 Å². The molecule has 2 rings (SSSR count). The van der Waals surface area contributed by atoms with Crippen molar-refractivity contribution >= 4 is 17.3 Å². The van der Waals surface area contributed by atoms with Gasteiger partial charge in [0.1, 0.15) is 0 Å². The smallest absolute Gasteiger partial charge is 0.251 e. The Hall–Kier alpha value is -1.71. The van der Waals surface area contributed by atoms with Crippen molar-refractivity contribution in [2.45, 2.75) is 45.1 Å². The Morgan fingerprint density at radius 3 is 2.70 bits per heavy atom. The summed E-state index contributed by atoms with van der Waals surface area (Å²) >= 11 is 0. The van der Waals surface area contributed by atoms with Crippen LogP contribution < -0.4 is 16.0 Å². The van der Waals surface area contributed by atoms with Gasteiger partial charge in [-0.15, -0.1) is 0 Å². The van der Waals surface area contributed by atoms with E-state index in [0.717, 1.165) is 11.4 Å². The predicted molar refractivity (Wildman–Crippen MR) is 84.1 cm³/mol. The highest BCUT2D eigenvalue weighted by Gasteiger charge is 2.20. The molecule has 0 spiro atoms. The van der Waals surface area contributed by atoms with Crippen LogP contribution in [0.5, 0.6) is 0 Å². The molecule has 1 aliphatic rings. The molecule has 0 saturated heterocycles. The molecule has 4 nitrogen and oxygen atoms in total. The van der Waals surface area contributed by atoms with Crippen LogP contribution in [0.2, 0.25) is 0 Å². The maximum Gasteiger partial charge on any atom is 0.251 e. The van der Waals surface area contributed by atoms with E-state index in [2.05, 4.69) is 17.3 Å². The Labute approximate surface area is 121 Å². The first-order chi connectivity index (χ1) is 9.63. The van der Waals surface area contributed by atoms with E-state index >= 15 is 0 Å². The van der Waals surface area contributed by atoms with Gasteiger partial charge in [-0.2, -0.15) is 0 Å². The summed E-state index contributed by atoms with van der Waals surface area (Å²) in [6, 6.07) is 6.07. The quantitative estimate of drug-likeness (QED) is 0.831. The van der Waals surface area contributed by atoms with Crippen LogP contribution in [0.15, 0.2) is 18.2 Å². The fourth-order valence-corrected chi connectivity index (χ4v) is 2.92. The molecule has 1 aromatic carbocycles. The Bertz CT molecular complexity index is 467. The average molecular weight is 275 g/mol. The Balaban J connectivity index is 2.20. The Morgan fingerprint density at radius 1 is 1.35 bits per heavy atom. The molecule has 0 unspecified atom stereocenters. The molecule has 0 atom stereocenters. The summed E-state index contributed by atoms with van der Waals surface area (Å²) in [4.78, 5) is 14.2. The van der Waals surface area contributed by atoms with E-state index < -0.39 is 0 Å². The van der Waals surface area contributed by atoms with Crippen LogP contribution in [0.4, 0.5) is 11.4 Å². The minimum Gasteiger partial charge on any atom is -0.397 e. The highest BCUT2D eigenvalue weighted by molar-refractivity contribution is 5.96. The van der Waals surface area contributed by atoms with Crippen molar-refractivity contribution in [2.75, 3.05) is 24.2 Å². The lowest BCUT2D eigenvalue weighted by atomic mass is 9.94. The monoisotopic (exact) mass is 275 g/mol. The fraction of sp³-hybridized carbons (Fsp3) is 0.562. The van der Waals surface area contributed by atoms with Gasteiger partial charge in [0.2, 0.25) is 0 Å². The topological polar surface area (TPSA) is 58.4 Å². The summed E-state index contributed by atoms with van der Waals surface area (Å²) in [6.45, 7) is 2.56. The minimum atomic E-state index is -0.0363. The second-order valence-electron chi connectivity index (χ2n) is 5.54. The van der Waals surface area contributed by atoms with Crippen molar-refractivity contribution < 1.29 is 4.79 Å². The summed E-state index contributed by atoms with van der Waals surface area (Å²) in [5, 5.41) is 2.83. The van der Waals surface area contributed by atoms with Gasteiger partial charge in [0, 0.05) is 25.2 Å². The summed E-state index contributed by atoms with van der Waals surface area (Å²) in [5.74, 6) is -0.0363. The molecule has 0 aliphatic heterocycles. The van der Waals surface area contributed by atoms with Gasteiger partial charge < -0.3 is 16.0 Å². The average Bonchev–Trinajstić information content (AvgIpc) is 2.48. The number of amides is 1. The zero-order valence-electron chi connectivity index (χ0n) is 12.5. The largest absolute Gasteiger partial charge is 0.397 e. The highest BCUT2D eigenvalue weighted by atomic mass is 16.1. The SMILES string of the molecule is CCNC(=O)c1ccc(N)c(N(C)C2CCCCC2)c1. The van der Waals surface area contributed by atoms with Crippen molar-refractivity contribution in [2.24, 2.45) is 0 Å². The first kappa shape index (κ1) is 14.7. The lowest BCUT2D eigenvalue weighted by molar-refractivity contribution is 0.0956. The standard InChI is InChI=1S/C16H25N3O/c1-3-18-16(20)12-9-10-14(17)15(11-12)19(2)13-7-5-4-6-8-13/h9-11,13H,3-8,17H2,1-2H3,(H,18,20). The predicted octanol–water partition coefficient (Wildman–Crippen LogP) is 2.79. The van der Waals surface area contributed by atoms with Crippen LogP contribution >= 0.6 is 0 Å². The number of nitrogens with two attached hydrogens (primary N) is 1. The molecule has 0 radical (unpaired) electrons. The molecule has 0 bridgehead atoms. The van der Waals surface area contributed by atoms with Crippen molar-refractivity contribution in [1.82, 2.24) is 5.32 Å². The molecule has 1 aromatic rings. The molecule has 1 fully saturated rings. The maximum atomic E-state index is 11.9. The van der Waals surface area contributed by atoms with Crippen LogP contribution in [0, 0.1) is 0 Å². The van der Waals surface area contributed by atoms with Crippen molar-refractivity contribution in [1.29, 1.82) is 0 Å². The molecular formula is C16H25N3O. The molecule has 1 amide bonds. The number of rotatable bonds is 4. The number of nitrogens with one attached hydrogen (secondary N) is 1. The van der Waals surface area contributed by atoms with Gasteiger partial charge in [-0.1, -0.05) is 19.3 Å². The van der Waals surface area contributed by atoms with Gasteiger partial charge in [0.15, 0.2) is 0 Å². The molecule has 1 aliphatic carbocycles. The molecule has 3 N–H and O–H groups in total. The van der Waals surface area contributed by atoms with Crippen molar-refractivity contribution in [3.63, 3.8) is 0 Å². The first-order valence-electron chi connectivity index (χ1n) is 7.54. The van der Waals surface area contributed by atoms with E-state index in [1.807, 2.05) is 19.1 Å². The number of carbonyl (C=O) groups is 1. The van der Waals surface area contributed by atoms with Crippen molar-refractivity contribution in [3.8, 4) is 0 Å². The lowest BCUT2D eigenvalue weighted by Crippen LogP contribution is -2.34. The first-order valence-corrected chi connectivity index (χ1v) is 7.54. The summed E-state index contributed by atoms with van der Waals surface area (Å²) in [5.41, 5.74) is 8.49. The fourth-order valence-electron chi connectivity index (χ4n) is 2.92. The second kappa shape index (κ2) is 6.64. The minimum absolute atomic E-state index is 0.0363. The highest BCUT2D eigenvalue weighted by Crippen LogP contribution is 2.30. The number of carbonyl (C=O) groups excluding carboxylic acids is 1. The third-order valence-electron chi connectivity index (χ3n) is 4.13. The number of nitrogen functional groups attached to an aromatic ring is 1. The van der Waals surface area contributed by atoms with Gasteiger partial charge in [-0.25, -0.2) is 0 Å². The number of anilines is 2. The lowest BCUT2D eigenvalue weighted by Gasteiger charge is -2.33. The van der Waals surface area contributed by atoms with E-state index in [4.69, 9.17) is 5.73 Å². The third-order valence-corrected chi connectivity index (χ3v) is 4.13. The Kier molecular flexibility index (Phi) is 4.88. The number of hydrogen-bond donors (Lipinski definition) is 2. The van der Waals surface area contributed by atoms with E-state index in [1.165, 1.54) is 32.1 Å². The second-order valence-corrected chi connectivity index (χ2v) is 5.54. The molecular weight excluding hydrogens is 250 g/mol. The molecule has 0 aromatic heterocycles. The van der Waals surface area contributed by atoms with E-state index in [0.29, 0.717) is 18.2 Å². The van der Waals surface area contributed by atoms with E-state index in [-0.39, 0.29) is 5.91 Å². The van der Waals surface area contributed by atoms with Gasteiger partial charge in [-0.3, -0.25) is 4.79 Å². The molecule has 20 heavy (non-hydrogen) atoms. The summed E-state index contributed by atoms with van der Waals surface area (Å²) < 4.78 is 0. The van der Waals surface area contributed by atoms with Crippen LogP contribution in [-0.4, -0.2) is 25.5 Å². The zero-order chi connectivity index (χ0) is 14.5. The third kappa shape index (κ3) is 3.24. The van der Waals surface area contributed by atoms with E-state index in [9.17, 15) is 4.79 Å². The zero-order valence-corrected chi connectivity index (χ0v) is 12.5. The van der Waals surface area contributed by atoms with E-state index in [1.54, 1.807) is 6.07 Å². The summed E-state index contributed by atoms with van der Waals surface area (Å²) in [7, 11) is 2.09. The van der Waals surface area contributed by atoms with Crippen LogP contribution in [0.3, 0.4) is 0 Å². The van der Waals surface area contributed by atoms with Crippen LogP contribution in [-0.2, 0) is 0 Å². The van der Waals surface area contributed by atoms with Crippen LogP contribution in [0.25, 0.3) is 0 Å². The maximum absolute atomic E-state index is 11.9.